The number of aryl methyl sites for hydroxylation is 1. The predicted molar refractivity (Wildman–Crippen MR) is 160 cm³/mol. The Morgan fingerprint density at radius 3 is 2.15 bits per heavy atom. The first-order valence-electron chi connectivity index (χ1n) is 15.1. The van der Waals surface area contributed by atoms with Crippen molar-refractivity contribution in [3.8, 4) is 22.3 Å². The molecule has 1 nitrogen and oxygen atoms in total. The summed E-state index contributed by atoms with van der Waals surface area (Å²) in [5, 5.41) is 0. The summed E-state index contributed by atoms with van der Waals surface area (Å²) in [6.45, 7) is 7.19. The molecule has 0 heterocycles. The normalized spacial score (nSPS) is 17.2. The first-order valence-corrected chi connectivity index (χ1v) is 15.1. The summed E-state index contributed by atoms with van der Waals surface area (Å²) in [6, 6.07) is 16.1. The van der Waals surface area contributed by atoms with E-state index in [2.05, 4.69) is 13.5 Å². The zero-order chi connectivity index (χ0) is 28.3. The van der Waals surface area contributed by atoms with Crippen LogP contribution in [-0.4, -0.2) is 13.2 Å². The van der Waals surface area contributed by atoms with Crippen LogP contribution in [0, 0.1) is 23.4 Å². The zero-order valence-electron chi connectivity index (χ0n) is 23.9. The van der Waals surface area contributed by atoms with E-state index >= 15 is 4.39 Å². The van der Waals surface area contributed by atoms with Crippen molar-refractivity contribution in [3.63, 3.8) is 0 Å². The van der Waals surface area contributed by atoms with E-state index in [1.165, 1.54) is 19.3 Å². The van der Waals surface area contributed by atoms with Crippen LogP contribution in [-0.2, 0) is 11.2 Å². The van der Waals surface area contributed by atoms with E-state index < -0.39 is 11.6 Å². The van der Waals surface area contributed by atoms with E-state index in [-0.39, 0.29) is 17.3 Å². The van der Waals surface area contributed by atoms with Crippen molar-refractivity contribution < 1.29 is 17.9 Å². The van der Waals surface area contributed by atoms with Crippen molar-refractivity contribution in [2.24, 2.45) is 5.92 Å². The standard InChI is InChI=1S/C36H43F3O/c1-3-5-6-7-8-9-10-30-19-22-33(36(39)35(30)38)29-17-15-27(16-18-29)31-20-21-32(34(37)24-31)28-13-11-26(12-14-28)25-40-23-4-2/h4,15-22,24,26,28H,2-3,5-14,23,25H2,1H3. The van der Waals surface area contributed by atoms with Gasteiger partial charge in [-0.15, -0.1) is 6.58 Å². The number of halogens is 3. The lowest BCUT2D eigenvalue weighted by atomic mass is 9.78. The van der Waals surface area contributed by atoms with Gasteiger partial charge in [0.15, 0.2) is 11.6 Å². The molecular formula is C36H43F3O. The van der Waals surface area contributed by atoms with Crippen LogP contribution in [0.3, 0.4) is 0 Å². The second kappa shape index (κ2) is 15.2. The Morgan fingerprint density at radius 2 is 1.45 bits per heavy atom. The average Bonchev–Trinajstić information content (AvgIpc) is 2.98. The van der Waals surface area contributed by atoms with E-state index in [0.717, 1.165) is 68.2 Å². The molecule has 214 valence electrons. The summed E-state index contributed by atoms with van der Waals surface area (Å²) in [6.07, 6.45) is 13.0. The Kier molecular flexibility index (Phi) is 11.5. The summed E-state index contributed by atoms with van der Waals surface area (Å²) in [5.74, 6) is -0.956. The highest BCUT2D eigenvalue weighted by Crippen LogP contribution is 2.38. The largest absolute Gasteiger partial charge is 0.377 e. The van der Waals surface area contributed by atoms with Gasteiger partial charge < -0.3 is 4.74 Å². The van der Waals surface area contributed by atoms with Gasteiger partial charge in [0.1, 0.15) is 5.82 Å². The van der Waals surface area contributed by atoms with E-state index in [9.17, 15) is 8.78 Å². The molecule has 1 aliphatic rings. The minimum absolute atomic E-state index is 0.179. The molecule has 1 saturated carbocycles. The molecule has 0 bridgehead atoms. The summed E-state index contributed by atoms with van der Waals surface area (Å²) < 4.78 is 50.6. The minimum atomic E-state index is -0.798. The number of benzene rings is 3. The van der Waals surface area contributed by atoms with Crippen molar-refractivity contribution in [2.45, 2.75) is 83.5 Å². The molecule has 0 aromatic heterocycles. The molecule has 0 amide bonds. The van der Waals surface area contributed by atoms with E-state index in [1.807, 2.05) is 24.3 Å². The third-order valence-electron chi connectivity index (χ3n) is 8.37. The lowest BCUT2D eigenvalue weighted by Crippen LogP contribution is -2.18. The van der Waals surface area contributed by atoms with Crippen LogP contribution in [0.25, 0.3) is 22.3 Å². The van der Waals surface area contributed by atoms with Crippen LogP contribution in [0.15, 0.2) is 67.3 Å². The molecule has 4 rings (SSSR count). The Labute approximate surface area is 238 Å². The summed E-state index contributed by atoms with van der Waals surface area (Å²) >= 11 is 0. The molecule has 0 radical (unpaired) electrons. The van der Waals surface area contributed by atoms with E-state index in [1.54, 1.807) is 36.4 Å². The van der Waals surface area contributed by atoms with Gasteiger partial charge in [0, 0.05) is 12.2 Å². The average molecular weight is 549 g/mol. The van der Waals surface area contributed by atoms with Crippen LogP contribution in [0.1, 0.15) is 88.2 Å². The molecule has 0 aliphatic heterocycles. The van der Waals surface area contributed by atoms with Gasteiger partial charge in [-0.1, -0.05) is 93.6 Å². The highest BCUT2D eigenvalue weighted by atomic mass is 19.2. The molecular weight excluding hydrogens is 505 g/mol. The molecule has 0 saturated heterocycles. The Bertz CT molecular complexity index is 1230. The van der Waals surface area contributed by atoms with E-state index in [0.29, 0.717) is 30.1 Å². The van der Waals surface area contributed by atoms with Crippen LogP contribution < -0.4 is 0 Å². The Morgan fingerprint density at radius 1 is 0.775 bits per heavy atom. The lowest BCUT2D eigenvalue weighted by Gasteiger charge is -2.29. The highest BCUT2D eigenvalue weighted by Gasteiger charge is 2.24. The second-order valence-electron chi connectivity index (χ2n) is 11.3. The fraction of sp³-hybridized carbons (Fsp3) is 0.444. The van der Waals surface area contributed by atoms with Gasteiger partial charge in [0.05, 0.1) is 6.61 Å². The number of hydrogen-bond donors (Lipinski definition) is 0. The van der Waals surface area contributed by atoms with Crippen LogP contribution in [0.4, 0.5) is 13.2 Å². The van der Waals surface area contributed by atoms with Crippen molar-refractivity contribution >= 4 is 0 Å². The summed E-state index contributed by atoms with van der Waals surface area (Å²) in [7, 11) is 0. The molecule has 3 aromatic carbocycles. The smallest absolute Gasteiger partial charge is 0.166 e. The van der Waals surface area contributed by atoms with Gasteiger partial charge in [-0.2, -0.15) is 0 Å². The first-order chi connectivity index (χ1) is 19.5. The predicted octanol–water partition coefficient (Wildman–Crippen LogP) is 10.8. The Balaban J connectivity index is 1.37. The molecule has 1 fully saturated rings. The van der Waals surface area contributed by atoms with Crippen molar-refractivity contribution in [1.29, 1.82) is 0 Å². The Hall–Kier alpha value is -2.85. The van der Waals surface area contributed by atoms with Crippen molar-refractivity contribution in [2.75, 3.05) is 13.2 Å². The molecule has 4 heteroatoms. The second-order valence-corrected chi connectivity index (χ2v) is 11.3. The molecule has 3 aromatic rings. The van der Waals surface area contributed by atoms with Crippen LogP contribution in [0.2, 0.25) is 0 Å². The van der Waals surface area contributed by atoms with Crippen molar-refractivity contribution in [1.82, 2.24) is 0 Å². The SMILES string of the molecule is C=CCOCC1CCC(c2ccc(-c3ccc(-c4ccc(CCCCCCCC)c(F)c4F)cc3)cc2F)CC1. The first kappa shape index (κ1) is 30.1. The number of rotatable bonds is 14. The minimum Gasteiger partial charge on any atom is -0.377 e. The fourth-order valence-electron chi connectivity index (χ4n) is 5.94. The molecule has 0 atom stereocenters. The van der Waals surface area contributed by atoms with Crippen LogP contribution in [0.5, 0.6) is 0 Å². The van der Waals surface area contributed by atoms with E-state index in [4.69, 9.17) is 4.74 Å². The fourth-order valence-corrected chi connectivity index (χ4v) is 5.94. The third-order valence-corrected chi connectivity index (χ3v) is 8.37. The summed E-state index contributed by atoms with van der Waals surface area (Å²) in [5.41, 5.74) is 3.71. The van der Waals surface area contributed by atoms with Gasteiger partial charge in [-0.25, -0.2) is 13.2 Å². The number of hydrogen-bond acceptors (Lipinski definition) is 1. The number of unbranched alkanes of at least 4 members (excludes halogenated alkanes) is 5. The zero-order valence-corrected chi connectivity index (χ0v) is 23.9. The maximum absolute atomic E-state index is 15.2. The van der Waals surface area contributed by atoms with Crippen LogP contribution >= 0.6 is 0 Å². The maximum atomic E-state index is 15.2. The molecule has 40 heavy (non-hydrogen) atoms. The quantitative estimate of drug-likeness (QED) is 0.144. The summed E-state index contributed by atoms with van der Waals surface area (Å²) in [4.78, 5) is 0. The topological polar surface area (TPSA) is 9.23 Å². The molecule has 1 aliphatic carbocycles. The van der Waals surface area contributed by atoms with Gasteiger partial charge in [-0.3, -0.25) is 0 Å². The van der Waals surface area contributed by atoms with Gasteiger partial charge in [-0.05, 0) is 84.2 Å². The molecule has 0 spiro atoms. The van der Waals surface area contributed by atoms with Gasteiger partial charge in [0.25, 0.3) is 0 Å². The third kappa shape index (κ3) is 7.87. The molecule has 0 N–H and O–H groups in total. The lowest BCUT2D eigenvalue weighted by molar-refractivity contribution is 0.102. The monoisotopic (exact) mass is 548 g/mol. The van der Waals surface area contributed by atoms with Gasteiger partial charge in [0.2, 0.25) is 0 Å². The molecule has 0 unspecified atom stereocenters. The maximum Gasteiger partial charge on any atom is 0.166 e. The van der Waals surface area contributed by atoms with Crippen molar-refractivity contribution in [3.05, 3.63) is 95.8 Å². The van der Waals surface area contributed by atoms with Gasteiger partial charge >= 0.3 is 0 Å². The highest BCUT2D eigenvalue weighted by molar-refractivity contribution is 5.71. The number of ether oxygens (including phenoxy) is 1.